The second kappa shape index (κ2) is 12.5. The maximum Gasteiger partial charge on any atom is 0.481 e. The number of nitrogens with zero attached hydrogens (tertiary/aromatic N) is 2. The average molecular weight is 512 g/mol. The lowest BCUT2D eigenvalue weighted by Gasteiger charge is -2.32. The summed E-state index contributed by atoms with van der Waals surface area (Å²) < 4.78 is 23.1. The van der Waals surface area contributed by atoms with Crippen molar-refractivity contribution in [3.05, 3.63) is 54.1 Å². The first kappa shape index (κ1) is 28.6. The van der Waals surface area contributed by atoms with Crippen molar-refractivity contribution in [2.24, 2.45) is 0 Å². The van der Waals surface area contributed by atoms with Gasteiger partial charge in [-0.15, -0.1) is 0 Å². The molecule has 0 aliphatic carbocycles. The summed E-state index contributed by atoms with van der Waals surface area (Å²) in [5, 5.41) is 5.72. The van der Waals surface area contributed by atoms with Crippen molar-refractivity contribution in [2.75, 3.05) is 20.8 Å². The Kier molecular flexibility index (Phi) is 9.64. The number of amides is 2. The van der Waals surface area contributed by atoms with Crippen molar-refractivity contribution < 1.29 is 28.4 Å². The van der Waals surface area contributed by atoms with Crippen LogP contribution in [0.1, 0.15) is 56.6 Å². The number of methoxy groups -OCH3 is 2. The van der Waals surface area contributed by atoms with Crippen LogP contribution in [-0.4, -0.2) is 72.9 Å². The molecule has 37 heavy (non-hydrogen) atoms. The molecule has 0 bridgehead atoms. The third kappa shape index (κ3) is 7.50. The van der Waals surface area contributed by atoms with Crippen molar-refractivity contribution >= 4 is 18.9 Å². The zero-order valence-corrected chi connectivity index (χ0v) is 22.4. The number of hydrogen-bond donors (Lipinski definition) is 2. The van der Waals surface area contributed by atoms with Crippen molar-refractivity contribution in [3.63, 3.8) is 0 Å². The molecule has 1 aromatic heterocycles. The van der Waals surface area contributed by atoms with Crippen LogP contribution in [0.25, 0.3) is 0 Å². The topological polar surface area (TPSA) is 121 Å². The molecule has 11 heteroatoms. The summed E-state index contributed by atoms with van der Waals surface area (Å²) in [6.07, 6.45) is 6.37. The summed E-state index contributed by atoms with van der Waals surface area (Å²) in [6, 6.07) is 6.96. The second-order valence-electron chi connectivity index (χ2n) is 10.1. The Morgan fingerprint density at radius 2 is 1.81 bits per heavy atom. The molecule has 1 fully saturated rings. The van der Waals surface area contributed by atoms with Gasteiger partial charge in [0, 0.05) is 19.5 Å². The first-order valence-corrected chi connectivity index (χ1v) is 12.4. The van der Waals surface area contributed by atoms with Crippen LogP contribution in [0.15, 0.2) is 42.9 Å². The molecule has 1 aliphatic heterocycles. The van der Waals surface area contributed by atoms with Crippen LogP contribution in [0.2, 0.25) is 0 Å². The van der Waals surface area contributed by atoms with Gasteiger partial charge in [0.2, 0.25) is 5.91 Å². The van der Waals surface area contributed by atoms with E-state index in [1.807, 2.05) is 52.0 Å². The highest BCUT2D eigenvalue weighted by Gasteiger charge is 2.54. The molecule has 1 unspecified atom stereocenters. The largest absolute Gasteiger partial charge is 0.497 e. The van der Waals surface area contributed by atoms with Gasteiger partial charge in [0.05, 0.1) is 37.1 Å². The molecule has 0 saturated carbocycles. The quantitative estimate of drug-likeness (QED) is 0.416. The van der Waals surface area contributed by atoms with Gasteiger partial charge >= 0.3 is 7.12 Å². The number of nitrogens with one attached hydrogen (secondary N) is 2. The van der Waals surface area contributed by atoms with Gasteiger partial charge in [-0.25, -0.2) is 4.98 Å². The van der Waals surface area contributed by atoms with E-state index in [0.717, 1.165) is 24.2 Å². The van der Waals surface area contributed by atoms with Crippen LogP contribution < -0.4 is 15.4 Å². The number of aryl methyl sites for hydroxylation is 1. The minimum Gasteiger partial charge on any atom is -0.497 e. The molecule has 0 radical (unpaired) electrons. The number of carbonyl (C=O) groups excluding carboxylic acids is 2. The monoisotopic (exact) mass is 512 g/mol. The van der Waals surface area contributed by atoms with Crippen LogP contribution in [0.5, 0.6) is 5.75 Å². The van der Waals surface area contributed by atoms with Crippen molar-refractivity contribution in [1.82, 2.24) is 20.6 Å². The molecule has 1 aliphatic rings. The highest BCUT2D eigenvalue weighted by molar-refractivity contribution is 6.48. The Balaban J connectivity index is 1.72. The number of carbonyl (C=O) groups is 2. The Morgan fingerprint density at radius 1 is 1.08 bits per heavy atom. The fourth-order valence-electron chi connectivity index (χ4n) is 3.96. The fourth-order valence-corrected chi connectivity index (χ4v) is 3.96. The van der Waals surface area contributed by atoms with Gasteiger partial charge < -0.3 is 29.4 Å². The first-order valence-electron chi connectivity index (χ1n) is 12.4. The lowest BCUT2D eigenvalue weighted by Crippen LogP contribution is -2.56. The van der Waals surface area contributed by atoms with Gasteiger partial charge in [-0.05, 0) is 64.7 Å². The SMILES string of the molecule is COCC(NC(=O)c1cnccn1)C(=O)N[C@@H](CCCc1cccc(OC)c1)B1OC(C)(C)C(C)(C)O1. The molecule has 2 heterocycles. The van der Waals surface area contributed by atoms with E-state index in [0.29, 0.717) is 6.42 Å². The van der Waals surface area contributed by atoms with Gasteiger partial charge in [0.1, 0.15) is 17.5 Å². The highest BCUT2D eigenvalue weighted by Crippen LogP contribution is 2.38. The normalized spacial score (nSPS) is 17.6. The molecule has 2 amide bonds. The summed E-state index contributed by atoms with van der Waals surface area (Å²) >= 11 is 0. The van der Waals surface area contributed by atoms with Crippen molar-refractivity contribution in [1.29, 1.82) is 0 Å². The predicted molar refractivity (Wildman–Crippen MR) is 139 cm³/mol. The lowest BCUT2D eigenvalue weighted by molar-refractivity contribution is -0.124. The van der Waals surface area contributed by atoms with Crippen molar-refractivity contribution in [2.45, 2.75) is 70.1 Å². The van der Waals surface area contributed by atoms with E-state index in [-0.39, 0.29) is 12.3 Å². The van der Waals surface area contributed by atoms with E-state index in [2.05, 4.69) is 20.6 Å². The van der Waals surface area contributed by atoms with Gasteiger partial charge in [-0.1, -0.05) is 12.1 Å². The van der Waals surface area contributed by atoms with Crippen LogP contribution in [0.3, 0.4) is 0 Å². The maximum absolute atomic E-state index is 13.3. The van der Waals surface area contributed by atoms with E-state index in [9.17, 15) is 9.59 Å². The zero-order valence-electron chi connectivity index (χ0n) is 22.4. The van der Waals surface area contributed by atoms with Crippen LogP contribution in [0.4, 0.5) is 0 Å². The van der Waals surface area contributed by atoms with E-state index in [1.165, 1.54) is 25.7 Å². The zero-order chi connectivity index (χ0) is 27.1. The standard InChI is InChI=1S/C26H37BN4O6/c1-25(2)26(3,4)37-27(36-25)22(12-8-10-18-9-7-11-19(15-18)35-6)31-24(33)21(17-34-5)30-23(32)20-16-28-13-14-29-20/h7,9,11,13-16,21-22H,8,10,12,17H2,1-6H3,(H,30,32)(H,31,33)/t21?,22-/m0/s1. The van der Waals surface area contributed by atoms with E-state index < -0.39 is 42.1 Å². The average Bonchev–Trinajstić information content (AvgIpc) is 3.10. The Bertz CT molecular complexity index is 1040. The highest BCUT2D eigenvalue weighted by atomic mass is 16.7. The summed E-state index contributed by atoms with van der Waals surface area (Å²) in [6.45, 7) is 7.86. The van der Waals surface area contributed by atoms with E-state index >= 15 is 0 Å². The Hall–Kier alpha value is -3.02. The van der Waals surface area contributed by atoms with E-state index in [1.54, 1.807) is 7.11 Å². The molecule has 1 aromatic carbocycles. The molecule has 2 aromatic rings. The molecule has 3 rings (SSSR count). The summed E-state index contributed by atoms with van der Waals surface area (Å²) in [4.78, 5) is 33.9. The molecular weight excluding hydrogens is 475 g/mol. The molecule has 10 nitrogen and oxygen atoms in total. The van der Waals surface area contributed by atoms with Gasteiger partial charge in [0.15, 0.2) is 0 Å². The molecule has 200 valence electrons. The van der Waals surface area contributed by atoms with Gasteiger partial charge in [-0.3, -0.25) is 14.6 Å². The summed E-state index contributed by atoms with van der Waals surface area (Å²) in [5.41, 5.74) is 0.128. The summed E-state index contributed by atoms with van der Waals surface area (Å²) in [7, 11) is 2.45. The molecule has 2 atom stereocenters. The molecule has 2 N–H and O–H groups in total. The molecule has 0 spiro atoms. The third-order valence-corrected chi connectivity index (χ3v) is 6.79. The fraction of sp³-hybridized carbons (Fsp3) is 0.538. The molecule has 1 saturated heterocycles. The van der Waals surface area contributed by atoms with Crippen LogP contribution >= 0.6 is 0 Å². The first-order chi connectivity index (χ1) is 17.6. The minimum absolute atomic E-state index is 0.0161. The van der Waals surface area contributed by atoms with Crippen molar-refractivity contribution in [3.8, 4) is 5.75 Å². The number of aromatic nitrogens is 2. The van der Waals surface area contributed by atoms with Gasteiger partial charge in [0.25, 0.3) is 5.91 Å². The number of ether oxygens (including phenoxy) is 2. The van der Waals surface area contributed by atoms with Crippen LogP contribution in [-0.2, 0) is 25.3 Å². The minimum atomic E-state index is -0.942. The summed E-state index contributed by atoms with van der Waals surface area (Å²) in [5.74, 6) is -0.572. The number of benzene rings is 1. The van der Waals surface area contributed by atoms with Gasteiger partial charge in [-0.2, -0.15) is 0 Å². The predicted octanol–water partition coefficient (Wildman–Crippen LogP) is 2.37. The van der Waals surface area contributed by atoms with Crippen LogP contribution in [0, 0.1) is 0 Å². The maximum atomic E-state index is 13.3. The Morgan fingerprint density at radius 3 is 2.43 bits per heavy atom. The second-order valence-corrected chi connectivity index (χ2v) is 10.1. The smallest absolute Gasteiger partial charge is 0.481 e. The number of rotatable bonds is 12. The molecular formula is C26H37BN4O6. The third-order valence-electron chi connectivity index (χ3n) is 6.79. The Labute approximate surface area is 219 Å². The van der Waals surface area contributed by atoms with E-state index in [4.69, 9.17) is 18.8 Å². The lowest BCUT2D eigenvalue weighted by atomic mass is 9.75. The number of hydrogen-bond acceptors (Lipinski definition) is 8.